The largest absolute Gasteiger partial charge is 0.435 e. The van der Waals surface area contributed by atoms with Crippen molar-refractivity contribution in [2.75, 3.05) is 19.6 Å². The quantitative estimate of drug-likeness (QED) is 0.812. The molecule has 26 heavy (non-hydrogen) atoms. The summed E-state index contributed by atoms with van der Waals surface area (Å²) in [7, 11) is 0. The number of rotatable bonds is 6. The van der Waals surface area contributed by atoms with Crippen LogP contribution in [-0.2, 0) is 0 Å². The number of hydrogen-bond donors (Lipinski definition) is 2. The van der Waals surface area contributed by atoms with E-state index in [1.165, 1.54) is 88.7 Å². The van der Waals surface area contributed by atoms with Crippen molar-refractivity contribution in [2.24, 2.45) is 0 Å². The van der Waals surface area contributed by atoms with Crippen LogP contribution in [-0.4, -0.2) is 37.7 Å². The van der Waals surface area contributed by atoms with Crippen LogP contribution >= 0.6 is 0 Å². The average molecular weight is 367 g/mol. The highest BCUT2D eigenvalue weighted by Gasteiger charge is 2.42. The molecular weight excluding hydrogens is 338 g/mol. The van der Waals surface area contributed by atoms with Crippen LogP contribution in [0, 0.1) is 0 Å². The van der Waals surface area contributed by atoms with E-state index in [4.69, 9.17) is 0 Å². The molecule has 1 aliphatic heterocycles. The Bertz CT molecular complexity index is 580. The van der Waals surface area contributed by atoms with Crippen LogP contribution in [0.5, 0.6) is 5.75 Å². The summed E-state index contributed by atoms with van der Waals surface area (Å²) in [5, 5.41) is 3.12. The summed E-state index contributed by atoms with van der Waals surface area (Å²) >= 11 is 0. The number of ether oxygens (including phenoxy) is 1. The summed E-state index contributed by atoms with van der Waals surface area (Å²) in [5.41, 5.74) is 0.638. The van der Waals surface area contributed by atoms with Crippen LogP contribution < -0.4 is 15.0 Å². The topological polar surface area (TPSA) is 42.8 Å². The first-order valence-corrected chi connectivity index (χ1v) is 9.77. The Hall–Kier alpha value is -1.69. The fourth-order valence-electron chi connectivity index (χ4n) is 4.53. The molecule has 6 heteroatoms. The molecule has 2 aliphatic rings. The van der Waals surface area contributed by atoms with Gasteiger partial charge >= 0.3 is 6.61 Å². The van der Waals surface area contributed by atoms with Crippen LogP contribution in [0.1, 0.15) is 61.7 Å². The standard InChI is InChI=1S/C20H28F2N2O2/c21-19(22)26-17-9-7-16(8-10-17)18(25)23-15-20(11-3-1-4-12-20)24-13-5-2-6-14-24/h7-10,19H,1-6,11-15H2,(H,23,25)/p+1. The van der Waals surface area contributed by atoms with Crippen molar-refractivity contribution >= 4 is 5.91 Å². The van der Waals surface area contributed by atoms with Gasteiger partial charge in [0.25, 0.3) is 5.91 Å². The zero-order valence-electron chi connectivity index (χ0n) is 15.2. The van der Waals surface area contributed by atoms with Gasteiger partial charge in [0.15, 0.2) is 0 Å². The highest BCUT2D eigenvalue weighted by atomic mass is 19.3. The predicted octanol–water partition coefficient (Wildman–Crippen LogP) is 2.79. The van der Waals surface area contributed by atoms with E-state index in [9.17, 15) is 13.6 Å². The number of amides is 1. The molecule has 1 heterocycles. The molecule has 1 aromatic rings. The van der Waals surface area contributed by atoms with Gasteiger partial charge in [-0.2, -0.15) is 8.78 Å². The van der Waals surface area contributed by atoms with Crippen molar-refractivity contribution in [1.82, 2.24) is 5.32 Å². The smallest absolute Gasteiger partial charge is 0.387 e. The van der Waals surface area contributed by atoms with Crippen molar-refractivity contribution in [3.63, 3.8) is 0 Å². The molecule has 3 rings (SSSR count). The molecule has 0 atom stereocenters. The minimum absolute atomic E-state index is 0.0676. The maximum absolute atomic E-state index is 12.5. The second-order valence-corrected chi connectivity index (χ2v) is 7.59. The van der Waals surface area contributed by atoms with E-state index in [2.05, 4.69) is 10.1 Å². The SMILES string of the molecule is O=C(NCC1([NH+]2CCCCC2)CCCCC1)c1ccc(OC(F)F)cc1. The molecule has 0 unspecified atom stereocenters. The number of carbonyl (C=O) groups is 1. The van der Waals surface area contributed by atoms with Crippen molar-refractivity contribution in [2.45, 2.75) is 63.5 Å². The Morgan fingerprint density at radius 2 is 1.65 bits per heavy atom. The van der Waals surface area contributed by atoms with E-state index in [-0.39, 0.29) is 17.2 Å². The summed E-state index contributed by atoms with van der Waals surface area (Å²) in [5.74, 6) is -0.0759. The summed E-state index contributed by atoms with van der Waals surface area (Å²) in [4.78, 5) is 14.2. The highest BCUT2D eigenvalue weighted by molar-refractivity contribution is 5.94. The third kappa shape index (κ3) is 4.72. The number of carbonyl (C=O) groups excluding carboxylic acids is 1. The Morgan fingerprint density at radius 3 is 2.27 bits per heavy atom. The van der Waals surface area contributed by atoms with E-state index in [1.54, 1.807) is 4.90 Å². The molecule has 0 bridgehead atoms. The van der Waals surface area contributed by atoms with Crippen LogP contribution in [0.25, 0.3) is 0 Å². The lowest BCUT2D eigenvalue weighted by atomic mass is 9.79. The van der Waals surface area contributed by atoms with Crippen molar-refractivity contribution in [3.8, 4) is 5.75 Å². The summed E-state index contributed by atoms with van der Waals surface area (Å²) in [6, 6.07) is 5.89. The zero-order chi connectivity index (χ0) is 18.4. The third-order valence-electron chi connectivity index (χ3n) is 5.95. The number of benzene rings is 1. The first-order chi connectivity index (χ1) is 12.6. The van der Waals surface area contributed by atoms with Gasteiger partial charge in [-0.25, -0.2) is 0 Å². The van der Waals surface area contributed by atoms with E-state index in [0.29, 0.717) is 12.1 Å². The van der Waals surface area contributed by atoms with Crippen LogP contribution in [0.15, 0.2) is 24.3 Å². The minimum Gasteiger partial charge on any atom is -0.435 e. The van der Waals surface area contributed by atoms with Gasteiger partial charge in [0.05, 0.1) is 19.6 Å². The van der Waals surface area contributed by atoms with Gasteiger partial charge in [0, 0.05) is 18.4 Å². The normalized spacial score (nSPS) is 20.7. The number of halogens is 2. The molecule has 1 aromatic carbocycles. The minimum atomic E-state index is -2.85. The van der Waals surface area contributed by atoms with Crippen LogP contribution in [0.2, 0.25) is 0 Å². The van der Waals surface area contributed by atoms with Crippen molar-refractivity contribution < 1.29 is 23.2 Å². The van der Waals surface area contributed by atoms with E-state index < -0.39 is 6.61 Å². The summed E-state index contributed by atoms with van der Waals surface area (Å²) < 4.78 is 28.8. The molecule has 0 radical (unpaired) electrons. The molecule has 1 saturated carbocycles. The van der Waals surface area contributed by atoms with Gasteiger partial charge < -0.3 is 15.0 Å². The lowest BCUT2D eigenvalue weighted by Crippen LogP contribution is -3.22. The number of alkyl halides is 2. The highest BCUT2D eigenvalue weighted by Crippen LogP contribution is 2.26. The number of quaternary nitrogens is 1. The molecule has 2 fully saturated rings. The van der Waals surface area contributed by atoms with Crippen LogP contribution in [0.3, 0.4) is 0 Å². The molecule has 1 saturated heterocycles. The Labute approximate surface area is 153 Å². The number of hydrogen-bond acceptors (Lipinski definition) is 2. The number of likely N-dealkylation sites (tertiary alicyclic amines) is 1. The van der Waals surface area contributed by atoms with Gasteiger partial charge in [-0.15, -0.1) is 0 Å². The Morgan fingerprint density at radius 1 is 1.04 bits per heavy atom. The monoisotopic (exact) mass is 367 g/mol. The molecule has 144 valence electrons. The molecular formula is C20H29F2N2O2+. The van der Waals surface area contributed by atoms with E-state index in [0.717, 1.165) is 0 Å². The third-order valence-corrected chi connectivity index (χ3v) is 5.95. The molecule has 2 N–H and O–H groups in total. The van der Waals surface area contributed by atoms with Gasteiger partial charge in [0.2, 0.25) is 0 Å². The Kier molecular flexibility index (Phi) is 6.46. The molecule has 1 aliphatic carbocycles. The average Bonchev–Trinajstić information content (AvgIpc) is 2.68. The van der Waals surface area contributed by atoms with Gasteiger partial charge in [-0.1, -0.05) is 6.42 Å². The predicted molar refractivity (Wildman–Crippen MR) is 95.8 cm³/mol. The zero-order valence-corrected chi connectivity index (χ0v) is 15.2. The summed E-state index contributed by atoms with van der Waals surface area (Å²) in [6.07, 6.45) is 9.96. The van der Waals surface area contributed by atoms with E-state index >= 15 is 0 Å². The summed E-state index contributed by atoms with van der Waals surface area (Å²) in [6.45, 7) is 0.245. The fourth-order valence-corrected chi connectivity index (χ4v) is 4.53. The maximum Gasteiger partial charge on any atom is 0.387 e. The second-order valence-electron chi connectivity index (χ2n) is 7.59. The number of piperidine rings is 1. The van der Waals surface area contributed by atoms with E-state index in [1.807, 2.05) is 0 Å². The molecule has 0 aromatic heterocycles. The number of nitrogens with one attached hydrogen (secondary N) is 2. The van der Waals surface area contributed by atoms with Crippen LogP contribution in [0.4, 0.5) is 8.78 Å². The maximum atomic E-state index is 12.5. The first kappa shape index (κ1) is 19.1. The van der Waals surface area contributed by atoms with Gasteiger partial charge in [-0.05, 0) is 56.4 Å². The first-order valence-electron chi connectivity index (χ1n) is 9.77. The van der Waals surface area contributed by atoms with Crippen molar-refractivity contribution in [3.05, 3.63) is 29.8 Å². The van der Waals surface area contributed by atoms with Gasteiger partial charge in [-0.3, -0.25) is 4.79 Å². The second kappa shape index (κ2) is 8.80. The molecule has 4 nitrogen and oxygen atoms in total. The lowest BCUT2D eigenvalue weighted by molar-refractivity contribution is -0.957. The Balaban J connectivity index is 1.61. The fraction of sp³-hybridized carbons (Fsp3) is 0.650. The lowest BCUT2D eigenvalue weighted by Gasteiger charge is -2.45. The molecule has 1 amide bonds. The van der Waals surface area contributed by atoms with Gasteiger partial charge in [0.1, 0.15) is 11.3 Å². The van der Waals surface area contributed by atoms with Crippen molar-refractivity contribution in [1.29, 1.82) is 0 Å². The molecule has 0 spiro atoms.